The number of hydrogen-bond donors (Lipinski definition) is 2. The number of ether oxygens (including phenoxy) is 1. The number of carbonyl (C=O) groups is 1. The molecule has 0 aliphatic carbocycles. The zero-order valence-corrected chi connectivity index (χ0v) is 23.8. The van der Waals surface area contributed by atoms with E-state index in [-0.39, 0.29) is 47.7 Å². The molecule has 0 aliphatic rings. The monoisotopic (exact) mass is 641 g/mol. The lowest BCUT2D eigenvalue weighted by Crippen LogP contribution is -2.53. The van der Waals surface area contributed by atoms with Gasteiger partial charge in [0.25, 0.3) is 17.1 Å². The van der Waals surface area contributed by atoms with Gasteiger partial charge in [-0.05, 0) is 41.5 Å². The second-order valence-corrected chi connectivity index (χ2v) is 10.3. The predicted molar refractivity (Wildman–Crippen MR) is 156 cm³/mol. The summed E-state index contributed by atoms with van der Waals surface area (Å²) in [7, 11) is 0. The van der Waals surface area contributed by atoms with E-state index in [1.54, 1.807) is 30.3 Å². The van der Waals surface area contributed by atoms with E-state index in [0.29, 0.717) is 12.1 Å². The minimum atomic E-state index is -6.07. The first kappa shape index (κ1) is 32.2. The topological polar surface area (TPSA) is 93.4 Å². The number of hydrogen-bond acceptors (Lipinski definition) is 5. The lowest BCUT2D eigenvalue weighted by Gasteiger charge is -2.32. The molecule has 0 radical (unpaired) electrons. The predicted octanol–water partition coefficient (Wildman–Crippen LogP) is 5.98. The van der Waals surface area contributed by atoms with Crippen molar-refractivity contribution in [1.29, 1.82) is 0 Å². The normalized spacial score (nSPS) is 12.2. The summed E-state index contributed by atoms with van der Waals surface area (Å²) < 4.78 is 87.4. The van der Waals surface area contributed by atoms with Gasteiger partial charge in [0.1, 0.15) is 11.6 Å². The first-order valence-corrected chi connectivity index (χ1v) is 13.8. The molecule has 5 aromatic rings. The van der Waals surface area contributed by atoms with Crippen molar-refractivity contribution in [1.82, 2.24) is 14.9 Å². The summed E-state index contributed by atoms with van der Waals surface area (Å²) in [4.78, 5) is 30.8. The zero-order valence-electron chi connectivity index (χ0n) is 23.8. The van der Waals surface area contributed by atoms with Gasteiger partial charge in [0.15, 0.2) is 6.61 Å². The highest BCUT2D eigenvalue weighted by Crippen LogP contribution is 2.50. The maximum Gasteiger partial charge on any atom is 0.430 e. The van der Waals surface area contributed by atoms with E-state index in [1.807, 2.05) is 30.3 Å². The summed E-state index contributed by atoms with van der Waals surface area (Å²) in [5, 5.41) is 12.5. The molecule has 0 saturated carbocycles. The van der Waals surface area contributed by atoms with Crippen LogP contribution >= 0.6 is 0 Å². The van der Waals surface area contributed by atoms with Gasteiger partial charge in [-0.15, -0.1) is 0 Å². The van der Waals surface area contributed by atoms with Gasteiger partial charge < -0.3 is 15.2 Å². The average molecular weight is 642 g/mol. The fraction of sp³-hybridized carbons (Fsp3) is 0.182. The molecule has 0 aliphatic heterocycles. The number of amides is 1. The van der Waals surface area contributed by atoms with Gasteiger partial charge in [-0.25, -0.2) is 4.98 Å². The van der Waals surface area contributed by atoms with E-state index < -0.39 is 35.0 Å². The lowest BCUT2D eigenvalue weighted by atomic mass is 9.92. The first-order valence-electron chi connectivity index (χ1n) is 13.8. The SMILES string of the molecule is O=C(COc1ccc2nc(Cc3ccccc3)n(-c3ccc(C(O)(C(F)(F)F)C(F)(F)F)cc3)c(=O)c2c1)NCc1ccccc1. The minimum Gasteiger partial charge on any atom is -0.484 e. The van der Waals surface area contributed by atoms with Crippen LogP contribution in [0.1, 0.15) is 22.5 Å². The van der Waals surface area contributed by atoms with Gasteiger partial charge in [0, 0.05) is 18.5 Å². The lowest BCUT2D eigenvalue weighted by molar-refractivity contribution is -0.376. The van der Waals surface area contributed by atoms with Crippen LogP contribution < -0.4 is 15.6 Å². The Kier molecular flexibility index (Phi) is 8.88. The summed E-state index contributed by atoms with van der Waals surface area (Å²) in [5.74, 6) is -0.123. The largest absolute Gasteiger partial charge is 0.484 e. The first-order chi connectivity index (χ1) is 21.8. The molecule has 0 atom stereocenters. The Hall–Kier alpha value is -5.17. The van der Waals surface area contributed by atoms with Crippen LogP contribution in [0.25, 0.3) is 16.6 Å². The maximum atomic E-state index is 13.9. The molecule has 13 heteroatoms. The highest BCUT2D eigenvalue weighted by molar-refractivity contribution is 5.80. The van der Waals surface area contributed by atoms with Crippen molar-refractivity contribution >= 4 is 16.8 Å². The van der Waals surface area contributed by atoms with Crippen LogP contribution in [-0.4, -0.2) is 39.5 Å². The van der Waals surface area contributed by atoms with Crippen molar-refractivity contribution in [3.63, 3.8) is 0 Å². The summed E-state index contributed by atoms with van der Waals surface area (Å²) in [6, 6.07) is 25.0. The highest BCUT2D eigenvalue weighted by Gasteiger charge is 2.71. The number of halogens is 6. The molecule has 7 nitrogen and oxygen atoms in total. The van der Waals surface area contributed by atoms with Crippen LogP contribution in [-0.2, 0) is 23.4 Å². The third kappa shape index (κ3) is 6.59. The Labute approximate surface area is 257 Å². The Morgan fingerprint density at radius 3 is 1.98 bits per heavy atom. The number of carbonyl (C=O) groups excluding carboxylic acids is 1. The fourth-order valence-electron chi connectivity index (χ4n) is 4.80. The number of rotatable bonds is 9. The van der Waals surface area contributed by atoms with E-state index in [9.17, 15) is 41.0 Å². The zero-order chi connectivity index (χ0) is 33.1. The van der Waals surface area contributed by atoms with Crippen LogP contribution in [0, 0.1) is 0 Å². The average Bonchev–Trinajstić information content (AvgIpc) is 3.03. The summed E-state index contributed by atoms with van der Waals surface area (Å²) in [6.45, 7) is -0.0868. The van der Waals surface area contributed by atoms with E-state index in [0.717, 1.165) is 27.8 Å². The van der Waals surface area contributed by atoms with E-state index in [1.165, 1.54) is 18.2 Å². The summed E-state index contributed by atoms with van der Waals surface area (Å²) >= 11 is 0. The minimum absolute atomic E-state index is 0.0187. The molecule has 0 bridgehead atoms. The smallest absolute Gasteiger partial charge is 0.430 e. The molecule has 46 heavy (non-hydrogen) atoms. The number of fused-ring (bicyclic) bond motifs is 1. The summed E-state index contributed by atoms with van der Waals surface area (Å²) in [5.41, 5.74) is -5.52. The molecular weight excluding hydrogens is 616 g/mol. The molecular formula is C33H25F6N3O4. The number of aromatic nitrogens is 2. The fourth-order valence-corrected chi connectivity index (χ4v) is 4.80. The van der Waals surface area contributed by atoms with Gasteiger partial charge >= 0.3 is 12.4 Å². The third-order valence-corrected chi connectivity index (χ3v) is 7.18. The summed E-state index contributed by atoms with van der Waals surface area (Å²) in [6.07, 6.45) is -12.1. The molecule has 2 N–H and O–H groups in total. The Morgan fingerprint density at radius 1 is 0.804 bits per heavy atom. The molecule has 0 saturated heterocycles. The van der Waals surface area contributed by atoms with Crippen molar-refractivity contribution in [2.24, 2.45) is 0 Å². The van der Waals surface area contributed by atoms with Crippen molar-refractivity contribution in [3.8, 4) is 11.4 Å². The van der Waals surface area contributed by atoms with Crippen LogP contribution in [0.3, 0.4) is 0 Å². The molecule has 4 aromatic carbocycles. The number of nitrogens with zero attached hydrogens (tertiary/aromatic N) is 2. The van der Waals surface area contributed by atoms with E-state index in [2.05, 4.69) is 10.3 Å². The van der Waals surface area contributed by atoms with Crippen molar-refractivity contribution in [2.45, 2.75) is 30.9 Å². The number of benzene rings is 4. The Bertz CT molecular complexity index is 1880. The molecule has 0 spiro atoms. The van der Waals surface area contributed by atoms with Crippen LogP contribution in [0.2, 0.25) is 0 Å². The second kappa shape index (κ2) is 12.7. The van der Waals surface area contributed by atoms with Crippen molar-refractivity contribution < 1.29 is 41.0 Å². The molecule has 1 heterocycles. The van der Waals surface area contributed by atoms with Gasteiger partial charge in [-0.3, -0.25) is 14.2 Å². The highest BCUT2D eigenvalue weighted by atomic mass is 19.4. The molecule has 238 valence electrons. The quantitative estimate of drug-likeness (QED) is 0.193. The van der Waals surface area contributed by atoms with Gasteiger partial charge in [-0.2, -0.15) is 26.3 Å². The van der Waals surface area contributed by atoms with Gasteiger partial charge in [0.05, 0.1) is 16.6 Å². The van der Waals surface area contributed by atoms with Crippen molar-refractivity contribution in [3.05, 3.63) is 136 Å². The van der Waals surface area contributed by atoms with Crippen LogP contribution in [0.5, 0.6) is 5.75 Å². The van der Waals surface area contributed by atoms with Gasteiger partial charge in [0.2, 0.25) is 0 Å². The number of alkyl halides is 6. The second-order valence-electron chi connectivity index (χ2n) is 10.3. The Balaban J connectivity index is 1.50. The van der Waals surface area contributed by atoms with Gasteiger partial charge in [-0.1, -0.05) is 72.8 Å². The van der Waals surface area contributed by atoms with E-state index in [4.69, 9.17) is 4.74 Å². The number of nitrogens with one attached hydrogen (secondary N) is 1. The Morgan fingerprint density at radius 2 is 1.39 bits per heavy atom. The van der Waals surface area contributed by atoms with E-state index >= 15 is 0 Å². The maximum absolute atomic E-state index is 13.9. The molecule has 0 fully saturated rings. The number of aliphatic hydroxyl groups is 1. The molecule has 0 unspecified atom stereocenters. The third-order valence-electron chi connectivity index (χ3n) is 7.18. The molecule has 5 rings (SSSR count). The van der Waals surface area contributed by atoms with Crippen molar-refractivity contribution in [2.75, 3.05) is 6.61 Å². The van der Waals surface area contributed by atoms with Crippen LogP contribution in [0.4, 0.5) is 26.3 Å². The van der Waals surface area contributed by atoms with Crippen LogP contribution in [0.15, 0.2) is 108 Å². The molecule has 1 aromatic heterocycles. The standard InChI is InChI=1S/C33H25F6N3O4/c34-32(35,36)31(45,33(37,38)39)23-11-13-24(14-12-23)42-28(17-21-7-3-1-4-8-21)41-27-16-15-25(18-26(27)30(42)44)46-20-29(43)40-19-22-9-5-2-6-10-22/h1-16,18,45H,17,19-20H2,(H,40,43). The molecule has 1 amide bonds.